The highest BCUT2D eigenvalue weighted by molar-refractivity contribution is 7.92. The van der Waals surface area contributed by atoms with Gasteiger partial charge in [0.1, 0.15) is 12.6 Å². The number of hydrogen-bond donors (Lipinski definition) is 1. The summed E-state index contributed by atoms with van der Waals surface area (Å²) >= 11 is 0. The van der Waals surface area contributed by atoms with Crippen LogP contribution in [0.2, 0.25) is 0 Å². The van der Waals surface area contributed by atoms with E-state index in [0.717, 1.165) is 27.3 Å². The third-order valence-corrected chi connectivity index (χ3v) is 6.53. The molecule has 2 amide bonds. The van der Waals surface area contributed by atoms with E-state index in [-0.39, 0.29) is 25.0 Å². The molecule has 0 fully saturated rings. The molecule has 0 aromatic heterocycles. The van der Waals surface area contributed by atoms with Crippen LogP contribution in [0.1, 0.15) is 43.9 Å². The van der Waals surface area contributed by atoms with Crippen molar-refractivity contribution in [3.8, 4) is 0 Å². The first kappa shape index (κ1) is 26.4. The average molecular weight is 474 g/mol. The summed E-state index contributed by atoms with van der Waals surface area (Å²) in [5.41, 5.74) is 3.20. The predicted octanol–water partition coefficient (Wildman–Crippen LogP) is 3.40. The minimum absolute atomic E-state index is 0.0817. The Morgan fingerprint density at radius 2 is 1.70 bits per heavy atom. The zero-order chi connectivity index (χ0) is 24.8. The summed E-state index contributed by atoms with van der Waals surface area (Å²) in [6.45, 7) is 9.20. The van der Waals surface area contributed by atoms with Crippen LogP contribution in [0.4, 0.5) is 5.69 Å². The number of benzene rings is 2. The molecule has 0 spiro atoms. The van der Waals surface area contributed by atoms with Crippen molar-refractivity contribution in [2.45, 2.75) is 59.7 Å². The first-order valence-electron chi connectivity index (χ1n) is 11.1. The minimum Gasteiger partial charge on any atom is -0.352 e. The van der Waals surface area contributed by atoms with Gasteiger partial charge in [0.05, 0.1) is 11.9 Å². The number of hydrogen-bond acceptors (Lipinski definition) is 4. The Bertz CT molecular complexity index is 1080. The second kappa shape index (κ2) is 11.3. The summed E-state index contributed by atoms with van der Waals surface area (Å²) in [4.78, 5) is 28.1. The summed E-state index contributed by atoms with van der Waals surface area (Å²) in [7, 11) is -3.73. The van der Waals surface area contributed by atoms with Crippen molar-refractivity contribution in [3.05, 3.63) is 65.2 Å². The van der Waals surface area contributed by atoms with E-state index in [1.54, 1.807) is 18.2 Å². The van der Waals surface area contributed by atoms with E-state index in [1.807, 2.05) is 65.0 Å². The van der Waals surface area contributed by atoms with Gasteiger partial charge in [0.2, 0.25) is 21.8 Å². The van der Waals surface area contributed by atoms with Gasteiger partial charge in [-0.3, -0.25) is 13.9 Å². The molecule has 0 radical (unpaired) electrons. The van der Waals surface area contributed by atoms with Crippen LogP contribution < -0.4 is 9.62 Å². The van der Waals surface area contributed by atoms with Crippen molar-refractivity contribution in [1.29, 1.82) is 0 Å². The van der Waals surface area contributed by atoms with Gasteiger partial charge in [-0.1, -0.05) is 43.3 Å². The predicted molar refractivity (Wildman–Crippen MR) is 132 cm³/mol. The van der Waals surface area contributed by atoms with Gasteiger partial charge < -0.3 is 10.2 Å². The first-order valence-corrected chi connectivity index (χ1v) is 13.0. The van der Waals surface area contributed by atoms with Crippen LogP contribution in [0.5, 0.6) is 0 Å². The molecule has 0 aliphatic rings. The summed E-state index contributed by atoms with van der Waals surface area (Å²) < 4.78 is 26.3. The fraction of sp³-hybridized carbons (Fsp3) is 0.440. The van der Waals surface area contributed by atoms with Crippen LogP contribution in [0, 0.1) is 13.8 Å². The van der Waals surface area contributed by atoms with E-state index < -0.39 is 22.0 Å². The molecule has 0 unspecified atom stereocenters. The number of anilines is 1. The van der Waals surface area contributed by atoms with Crippen molar-refractivity contribution >= 4 is 27.5 Å². The van der Waals surface area contributed by atoms with Crippen LogP contribution in [-0.4, -0.2) is 50.0 Å². The number of nitrogens with one attached hydrogen (secondary N) is 1. The molecule has 2 rings (SSSR count). The Labute approximate surface area is 197 Å². The molecule has 0 heterocycles. The molecule has 180 valence electrons. The maximum atomic E-state index is 13.6. The lowest BCUT2D eigenvalue weighted by molar-refractivity contribution is -0.140. The van der Waals surface area contributed by atoms with E-state index in [2.05, 4.69) is 5.32 Å². The highest BCUT2D eigenvalue weighted by Gasteiger charge is 2.32. The summed E-state index contributed by atoms with van der Waals surface area (Å²) in [6, 6.07) is 13.9. The van der Waals surface area contributed by atoms with Gasteiger partial charge in [-0.05, 0) is 62.9 Å². The molecule has 0 saturated heterocycles. The molecular formula is C25H35N3O4S. The number of sulfonamides is 1. The number of rotatable bonds is 10. The quantitative estimate of drug-likeness (QED) is 0.573. The smallest absolute Gasteiger partial charge is 0.244 e. The second-order valence-electron chi connectivity index (χ2n) is 8.64. The fourth-order valence-corrected chi connectivity index (χ4v) is 4.51. The first-order chi connectivity index (χ1) is 15.4. The zero-order valence-corrected chi connectivity index (χ0v) is 21.1. The summed E-state index contributed by atoms with van der Waals surface area (Å²) in [5.74, 6) is -0.688. The van der Waals surface area contributed by atoms with E-state index in [9.17, 15) is 18.0 Å². The summed E-state index contributed by atoms with van der Waals surface area (Å²) in [5, 5.41) is 2.89. The molecule has 7 nitrogen and oxygen atoms in total. The molecule has 0 saturated carbocycles. The van der Waals surface area contributed by atoms with E-state index in [1.165, 1.54) is 4.90 Å². The topological polar surface area (TPSA) is 86.8 Å². The van der Waals surface area contributed by atoms with Crippen LogP contribution >= 0.6 is 0 Å². The third-order valence-electron chi connectivity index (χ3n) is 5.39. The van der Waals surface area contributed by atoms with E-state index in [0.29, 0.717) is 12.1 Å². The highest BCUT2D eigenvalue weighted by atomic mass is 32.2. The van der Waals surface area contributed by atoms with Crippen LogP contribution in [0.3, 0.4) is 0 Å². The van der Waals surface area contributed by atoms with Crippen molar-refractivity contribution in [2.24, 2.45) is 0 Å². The number of aryl methyl sites for hydroxylation is 2. The standard InChI is InChI=1S/C25H35N3O4S/c1-7-23(25(30)26-18(2)3)27(16-21-13-9-8-12-20(21)5)24(29)17-28(33(6,31)32)22-14-10-11-19(4)15-22/h8-15,18,23H,7,16-17H2,1-6H3,(H,26,30)/t23-/m1/s1. The molecule has 1 N–H and O–H groups in total. The number of amides is 2. The molecule has 33 heavy (non-hydrogen) atoms. The lowest BCUT2D eigenvalue weighted by Gasteiger charge is -2.33. The SMILES string of the molecule is CC[C@H](C(=O)NC(C)C)N(Cc1ccccc1C)C(=O)CN(c1cccc(C)c1)S(C)(=O)=O. The second-order valence-corrected chi connectivity index (χ2v) is 10.6. The Morgan fingerprint density at radius 1 is 1.03 bits per heavy atom. The maximum Gasteiger partial charge on any atom is 0.244 e. The van der Waals surface area contributed by atoms with Gasteiger partial charge in [0, 0.05) is 12.6 Å². The molecule has 1 atom stereocenters. The lowest BCUT2D eigenvalue weighted by Crippen LogP contribution is -2.53. The molecule has 2 aromatic rings. The van der Waals surface area contributed by atoms with Gasteiger partial charge in [-0.2, -0.15) is 0 Å². The van der Waals surface area contributed by atoms with Crippen LogP contribution in [0.15, 0.2) is 48.5 Å². The maximum absolute atomic E-state index is 13.6. The van der Waals surface area contributed by atoms with Gasteiger partial charge in [-0.15, -0.1) is 0 Å². The third kappa shape index (κ3) is 7.32. The molecular weight excluding hydrogens is 438 g/mol. The minimum atomic E-state index is -3.73. The van der Waals surface area contributed by atoms with Crippen molar-refractivity contribution in [1.82, 2.24) is 10.2 Å². The van der Waals surface area contributed by atoms with Crippen molar-refractivity contribution in [3.63, 3.8) is 0 Å². The molecule has 0 aliphatic heterocycles. The average Bonchev–Trinajstić information content (AvgIpc) is 2.71. The largest absolute Gasteiger partial charge is 0.352 e. The monoisotopic (exact) mass is 473 g/mol. The molecule has 2 aromatic carbocycles. The van der Waals surface area contributed by atoms with Crippen molar-refractivity contribution < 1.29 is 18.0 Å². The zero-order valence-electron chi connectivity index (χ0n) is 20.3. The van der Waals surface area contributed by atoms with Crippen LogP contribution in [-0.2, 0) is 26.2 Å². The Balaban J connectivity index is 2.46. The van der Waals surface area contributed by atoms with E-state index >= 15 is 0 Å². The highest BCUT2D eigenvalue weighted by Crippen LogP contribution is 2.21. The molecule has 0 aliphatic carbocycles. The Hall–Kier alpha value is -2.87. The molecule has 8 heteroatoms. The van der Waals surface area contributed by atoms with Gasteiger partial charge >= 0.3 is 0 Å². The molecule has 0 bridgehead atoms. The van der Waals surface area contributed by atoms with Gasteiger partial charge in [-0.25, -0.2) is 8.42 Å². The fourth-order valence-electron chi connectivity index (χ4n) is 3.67. The lowest BCUT2D eigenvalue weighted by atomic mass is 10.1. The van der Waals surface area contributed by atoms with E-state index in [4.69, 9.17) is 0 Å². The Morgan fingerprint density at radius 3 is 2.24 bits per heavy atom. The van der Waals surface area contributed by atoms with Crippen molar-refractivity contribution in [2.75, 3.05) is 17.1 Å². The van der Waals surface area contributed by atoms with Crippen LogP contribution in [0.25, 0.3) is 0 Å². The number of carbonyl (C=O) groups is 2. The number of carbonyl (C=O) groups excluding carboxylic acids is 2. The van der Waals surface area contributed by atoms with Gasteiger partial charge in [0.15, 0.2) is 0 Å². The van der Waals surface area contributed by atoms with Gasteiger partial charge in [0.25, 0.3) is 0 Å². The number of nitrogens with zero attached hydrogens (tertiary/aromatic N) is 2. The normalized spacial score (nSPS) is 12.3. The Kier molecular flexibility index (Phi) is 9.05. The summed E-state index contributed by atoms with van der Waals surface area (Å²) in [6.07, 6.45) is 1.48.